The summed E-state index contributed by atoms with van der Waals surface area (Å²) in [4.78, 5) is 2.93. The topological polar surface area (TPSA) is 29.3 Å². The molecule has 4 heteroatoms. The Balaban J connectivity index is 1.99. The fourth-order valence-electron chi connectivity index (χ4n) is 3.92. The van der Waals surface area contributed by atoms with Crippen molar-refractivity contribution in [3.63, 3.8) is 0 Å². The van der Waals surface area contributed by atoms with Gasteiger partial charge in [-0.3, -0.25) is 0 Å². The minimum atomic E-state index is 0.406. The van der Waals surface area contributed by atoms with Crippen LogP contribution < -0.4 is 10.6 Å². The Morgan fingerprint density at radius 3 is 2.75 bits per heavy atom. The average Bonchev–Trinajstić information content (AvgIpc) is 2.46. The highest BCUT2D eigenvalue weighted by atomic mass is 35.5. The van der Waals surface area contributed by atoms with E-state index in [0.29, 0.717) is 16.1 Å². The standard InChI is InChI=1S/C16H21ClN2S/c17-12-7-3-9-14(15(12)16(18)20)19-10-4-6-11-5-1-2-8-13(11)19/h3,7,9,11,13H,1-2,4-6,8,10H2,(H2,18,20)/t11-,13-/m1/s1. The number of anilines is 1. The van der Waals surface area contributed by atoms with Crippen LogP contribution in [-0.4, -0.2) is 17.6 Å². The predicted octanol–water partition coefficient (Wildman–Crippen LogP) is 4.13. The second-order valence-corrected chi connectivity index (χ2v) is 6.79. The summed E-state index contributed by atoms with van der Waals surface area (Å²) in [7, 11) is 0. The van der Waals surface area contributed by atoms with Gasteiger partial charge >= 0.3 is 0 Å². The van der Waals surface area contributed by atoms with E-state index in [-0.39, 0.29) is 0 Å². The van der Waals surface area contributed by atoms with Gasteiger partial charge in [0.25, 0.3) is 0 Å². The van der Waals surface area contributed by atoms with E-state index in [0.717, 1.165) is 23.7 Å². The number of thiocarbonyl (C=S) groups is 1. The number of rotatable bonds is 2. The van der Waals surface area contributed by atoms with E-state index in [9.17, 15) is 0 Å². The molecule has 20 heavy (non-hydrogen) atoms. The monoisotopic (exact) mass is 308 g/mol. The summed E-state index contributed by atoms with van der Waals surface area (Å²) < 4.78 is 0. The van der Waals surface area contributed by atoms with Crippen molar-refractivity contribution in [1.29, 1.82) is 0 Å². The van der Waals surface area contributed by atoms with Gasteiger partial charge < -0.3 is 10.6 Å². The highest BCUT2D eigenvalue weighted by Gasteiger charge is 2.34. The fourth-order valence-corrected chi connectivity index (χ4v) is 4.46. The minimum absolute atomic E-state index is 0.406. The molecule has 2 nitrogen and oxygen atoms in total. The Bertz CT molecular complexity index is 515. The van der Waals surface area contributed by atoms with Gasteiger partial charge in [0.2, 0.25) is 0 Å². The molecule has 2 atom stereocenters. The number of nitrogens with two attached hydrogens (primary N) is 1. The normalized spacial score (nSPS) is 26.1. The molecule has 2 N–H and O–H groups in total. The highest BCUT2D eigenvalue weighted by Crippen LogP contribution is 2.39. The van der Waals surface area contributed by atoms with Crippen LogP contribution >= 0.6 is 23.8 Å². The number of nitrogens with zero attached hydrogens (tertiary/aromatic N) is 1. The second kappa shape index (κ2) is 5.90. The summed E-state index contributed by atoms with van der Waals surface area (Å²) in [6.45, 7) is 1.09. The molecule has 1 aromatic carbocycles. The van der Waals surface area contributed by atoms with Crippen LogP contribution in [0.4, 0.5) is 5.69 Å². The van der Waals surface area contributed by atoms with Crippen molar-refractivity contribution >= 4 is 34.5 Å². The number of benzene rings is 1. The van der Waals surface area contributed by atoms with Crippen molar-refractivity contribution in [2.75, 3.05) is 11.4 Å². The third kappa shape index (κ3) is 2.53. The molecule has 1 aromatic rings. The Labute approximate surface area is 131 Å². The van der Waals surface area contributed by atoms with Gasteiger partial charge in [0.1, 0.15) is 4.99 Å². The van der Waals surface area contributed by atoms with E-state index >= 15 is 0 Å². The van der Waals surface area contributed by atoms with Crippen molar-refractivity contribution in [3.05, 3.63) is 28.8 Å². The van der Waals surface area contributed by atoms with E-state index < -0.39 is 0 Å². The molecule has 1 heterocycles. The van der Waals surface area contributed by atoms with Gasteiger partial charge in [0.05, 0.1) is 10.6 Å². The highest BCUT2D eigenvalue weighted by molar-refractivity contribution is 7.80. The first kappa shape index (κ1) is 14.2. The van der Waals surface area contributed by atoms with E-state index in [2.05, 4.69) is 11.0 Å². The minimum Gasteiger partial charge on any atom is -0.389 e. The molecule has 0 bridgehead atoms. The summed E-state index contributed by atoms with van der Waals surface area (Å²) in [5, 5.41) is 0.674. The fraction of sp³-hybridized carbons (Fsp3) is 0.562. The molecule has 0 radical (unpaired) electrons. The van der Waals surface area contributed by atoms with Crippen LogP contribution in [0, 0.1) is 5.92 Å². The summed E-state index contributed by atoms with van der Waals surface area (Å²) in [5.74, 6) is 0.829. The summed E-state index contributed by atoms with van der Waals surface area (Å²) in [5.41, 5.74) is 7.91. The van der Waals surface area contributed by atoms with Crippen LogP contribution in [0.5, 0.6) is 0 Å². The lowest BCUT2D eigenvalue weighted by Gasteiger charge is -2.46. The van der Waals surface area contributed by atoms with Gasteiger partial charge in [-0.25, -0.2) is 0 Å². The summed E-state index contributed by atoms with van der Waals surface area (Å²) in [6.07, 6.45) is 7.99. The lowest BCUT2D eigenvalue weighted by Crippen LogP contribution is -2.47. The Morgan fingerprint density at radius 2 is 1.95 bits per heavy atom. The van der Waals surface area contributed by atoms with Crippen LogP contribution in [0.3, 0.4) is 0 Å². The summed E-state index contributed by atoms with van der Waals surface area (Å²) in [6, 6.07) is 6.65. The molecule has 0 unspecified atom stereocenters. The number of halogens is 1. The van der Waals surface area contributed by atoms with E-state index in [1.807, 2.05) is 12.1 Å². The molecule has 3 rings (SSSR count). The lowest BCUT2D eigenvalue weighted by molar-refractivity contribution is 0.244. The first-order valence-electron chi connectivity index (χ1n) is 7.53. The first-order chi connectivity index (χ1) is 9.68. The molecule has 1 aliphatic heterocycles. The number of hydrogen-bond acceptors (Lipinski definition) is 2. The lowest BCUT2D eigenvalue weighted by atomic mass is 9.78. The predicted molar refractivity (Wildman–Crippen MR) is 89.7 cm³/mol. The number of hydrogen-bond donors (Lipinski definition) is 1. The largest absolute Gasteiger partial charge is 0.389 e. The van der Waals surface area contributed by atoms with E-state index in [4.69, 9.17) is 29.6 Å². The third-order valence-corrected chi connectivity index (χ3v) is 5.31. The van der Waals surface area contributed by atoms with Gasteiger partial charge in [-0.15, -0.1) is 0 Å². The maximum absolute atomic E-state index is 6.32. The molecular weight excluding hydrogens is 288 g/mol. The molecule has 2 fully saturated rings. The zero-order chi connectivity index (χ0) is 14.1. The van der Waals surface area contributed by atoms with Crippen molar-refractivity contribution in [3.8, 4) is 0 Å². The third-order valence-electron chi connectivity index (χ3n) is 4.79. The Hall–Kier alpha value is -0.800. The van der Waals surface area contributed by atoms with Crippen LogP contribution in [0.1, 0.15) is 44.1 Å². The quantitative estimate of drug-likeness (QED) is 0.833. The molecule has 108 valence electrons. The molecule has 0 spiro atoms. The Morgan fingerprint density at radius 1 is 1.20 bits per heavy atom. The van der Waals surface area contributed by atoms with Gasteiger partial charge in [-0.1, -0.05) is 42.7 Å². The number of piperidine rings is 1. The van der Waals surface area contributed by atoms with Gasteiger partial charge in [-0.05, 0) is 43.7 Å². The average molecular weight is 309 g/mol. The van der Waals surface area contributed by atoms with E-state index in [1.165, 1.54) is 38.5 Å². The molecule has 0 amide bonds. The molecule has 1 aliphatic carbocycles. The molecule has 0 aromatic heterocycles. The van der Waals surface area contributed by atoms with Crippen LogP contribution in [-0.2, 0) is 0 Å². The van der Waals surface area contributed by atoms with Crippen molar-refractivity contribution in [2.45, 2.75) is 44.6 Å². The van der Waals surface area contributed by atoms with Crippen molar-refractivity contribution in [2.24, 2.45) is 11.7 Å². The van der Waals surface area contributed by atoms with Gasteiger partial charge in [0.15, 0.2) is 0 Å². The van der Waals surface area contributed by atoms with Gasteiger partial charge in [0, 0.05) is 18.3 Å². The molecule has 2 aliphatic rings. The van der Waals surface area contributed by atoms with E-state index in [1.54, 1.807) is 0 Å². The molecular formula is C16H21ClN2S. The van der Waals surface area contributed by atoms with Crippen molar-refractivity contribution in [1.82, 2.24) is 0 Å². The summed E-state index contributed by atoms with van der Waals surface area (Å²) >= 11 is 11.5. The maximum Gasteiger partial charge on any atom is 0.107 e. The molecule has 1 saturated carbocycles. The first-order valence-corrected chi connectivity index (χ1v) is 8.32. The van der Waals surface area contributed by atoms with Gasteiger partial charge in [-0.2, -0.15) is 0 Å². The maximum atomic E-state index is 6.32. The number of fused-ring (bicyclic) bond motifs is 1. The van der Waals surface area contributed by atoms with Crippen LogP contribution in [0.15, 0.2) is 18.2 Å². The smallest absolute Gasteiger partial charge is 0.107 e. The van der Waals surface area contributed by atoms with Crippen LogP contribution in [0.2, 0.25) is 5.02 Å². The SMILES string of the molecule is NC(=S)c1c(Cl)cccc1N1CCC[C@H]2CCCC[C@H]21. The molecule has 1 saturated heterocycles. The zero-order valence-corrected chi connectivity index (χ0v) is 13.2. The van der Waals surface area contributed by atoms with Crippen LogP contribution in [0.25, 0.3) is 0 Å². The zero-order valence-electron chi connectivity index (χ0n) is 11.6. The Kier molecular flexibility index (Phi) is 4.18. The second-order valence-electron chi connectivity index (χ2n) is 5.95. The van der Waals surface area contributed by atoms with Crippen molar-refractivity contribution < 1.29 is 0 Å².